The van der Waals surface area contributed by atoms with E-state index in [4.69, 9.17) is 14.6 Å². The van der Waals surface area contributed by atoms with Crippen LogP contribution in [0, 0.1) is 0 Å². The Morgan fingerprint density at radius 2 is 1.74 bits per heavy atom. The quantitative estimate of drug-likeness (QED) is 0.308. The number of carbonyl (C=O) groups is 2. The normalized spacial score (nSPS) is 15.1. The number of ether oxygens (including phenoxy) is 2. The first kappa shape index (κ1) is 29.2. The predicted octanol–water partition coefficient (Wildman–Crippen LogP) is 5.07. The summed E-state index contributed by atoms with van der Waals surface area (Å²) in [5.41, 5.74) is 3.98. The second-order valence-electron chi connectivity index (χ2n) is 11.0. The van der Waals surface area contributed by atoms with Crippen molar-refractivity contribution in [1.82, 2.24) is 20.1 Å². The Balaban J connectivity index is 1.67. The zero-order valence-corrected chi connectivity index (χ0v) is 25.3. The molecular formula is C32H35N5O4S. The van der Waals surface area contributed by atoms with E-state index in [2.05, 4.69) is 31.1 Å². The van der Waals surface area contributed by atoms with Crippen LogP contribution in [0.15, 0.2) is 73.1 Å². The molecule has 0 spiro atoms. The average molecular weight is 586 g/mol. The Labute approximate surface area is 250 Å². The number of anilines is 1. The highest BCUT2D eigenvalue weighted by Crippen LogP contribution is 2.50. The van der Waals surface area contributed by atoms with Crippen LogP contribution in [0.4, 0.5) is 5.82 Å². The van der Waals surface area contributed by atoms with Crippen molar-refractivity contribution in [1.29, 1.82) is 0 Å². The lowest BCUT2D eigenvalue weighted by Crippen LogP contribution is -2.42. The minimum absolute atomic E-state index is 0.151. The molecule has 0 saturated heterocycles. The van der Waals surface area contributed by atoms with Crippen LogP contribution < -0.4 is 19.7 Å². The largest absolute Gasteiger partial charge is 0.497 e. The smallest absolute Gasteiger partial charge is 0.240 e. The van der Waals surface area contributed by atoms with Crippen molar-refractivity contribution < 1.29 is 19.1 Å². The first-order valence-corrected chi connectivity index (χ1v) is 14.7. The van der Waals surface area contributed by atoms with E-state index in [1.807, 2.05) is 60.7 Å². The van der Waals surface area contributed by atoms with Crippen LogP contribution in [0.3, 0.4) is 0 Å². The lowest BCUT2D eigenvalue weighted by atomic mass is 9.87. The maximum absolute atomic E-state index is 13.9. The van der Waals surface area contributed by atoms with Gasteiger partial charge in [-0.2, -0.15) is 5.10 Å². The molecule has 42 heavy (non-hydrogen) atoms. The lowest BCUT2D eigenvalue weighted by Gasteiger charge is -2.25. The van der Waals surface area contributed by atoms with E-state index >= 15 is 0 Å². The molecular weight excluding hydrogens is 550 g/mol. The minimum atomic E-state index is -0.370. The first-order chi connectivity index (χ1) is 20.2. The number of amides is 2. The van der Waals surface area contributed by atoms with Crippen LogP contribution in [-0.4, -0.2) is 53.1 Å². The maximum atomic E-state index is 13.9. The molecule has 2 aromatic carbocycles. The number of methoxy groups -OCH3 is 2. The molecule has 218 valence electrons. The van der Waals surface area contributed by atoms with Crippen LogP contribution in [-0.2, 0) is 21.5 Å². The van der Waals surface area contributed by atoms with Gasteiger partial charge in [-0.15, -0.1) is 11.8 Å². The Morgan fingerprint density at radius 3 is 2.40 bits per heavy atom. The van der Waals surface area contributed by atoms with Crippen molar-refractivity contribution >= 4 is 29.4 Å². The van der Waals surface area contributed by atoms with Crippen molar-refractivity contribution in [3.8, 4) is 17.2 Å². The Morgan fingerprint density at radius 1 is 1.02 bits per heavy atom. The molecule has 5 rings (SSSR count). The van der Waals surface area contributed by atoms with E-state index < -0.39 is 0 Å². The van der Waals surface area contributed by atoms with E-state index in [1.165, 1.54) is 11.8 Å². The zero-order chi connectivity index (χ0) is 29.9. The number of benzene rings is 2. The standard InChI is InChI=1S/C32H35N5O4S/c1-32(2,3)30-28-29(24-8-6-7-9-25(24)41-5)42-20-27(39)36(19-26(38)34-18-21-14-16-33-17-15-21)31(28)37(35-30)22-10-12-23(40-4)13-11-22/h6-17,29H,18-20H2,1-5H3,(H,34,38). The number of rotatable bonds is 8. The number of nitrogens with zero attached hydrogens (tertiary/aromatic N) is 4. The summed E-state index contributed by atoms with van der Waals surface area (Å²) in [7, 11) is 3.27. The molecule has 0 saturated carbocycles. The fourth-order valence-corrected chi connectivity index (χ4v) is 6.23. The number of fused-ring (bicyclic) bond motifs is 1. The van der Waals surface area contributed by atoms with Crippen LogP contribution in [0.5, 0.6) is 11.5 Å². The minimum Gasteiger partial charge on any atom is -0.497 e. The predicted molar refractivity (Wildman–Crippen MR) is 165 cm³/mol. The highest BCUT2D eigenvalue weighted by molar-refractivity contribution is 8.00. The van der Waals surface area contributed by atoms with Gasteiger partial charge in [0.05, 0.1) is 36.6 Å². The molecule has 1 aliphatic rings. The molecule has 2 aromatic heterocycles. The number of hydrogen-bond donors (Lipinski definition) is 1. The molecule has 1 N–H and O–H groups in total. The van der Waals surface area contributed by atoms with Gasteiger partial charge in [0, 0.05) is 35.5 Å². The Bertz CT molecular complexity index is 1560. The second-order valence-corrected chi connectivity index (χ2v) is 12.1. The van der Waals surface area contributed by atoms with Gasteiger partial charge in [-0.05, 0) is 48.0 Å². The fraction of sp³-hybridized carbons (Fsp3) is 0.312. The second kappa shape index (κ2) is 12.3. The molecule has 0 bridgehead atoms. The van der Waals surface area contributed by atoms with Crippen LogP contribution >= 0.6 is 11.8 Å². The molecule has 1 atom stereocenters. The third kappa shape index (κ3) is 5.99. The zero-order valence-electron chi connectivity index (χ0n) is 24.5. The van der Waals surface area contributed by atoms with Gasteiger partial charge in [0.25, 0.3) is 0 Å². The van der Waals surface area contributed by atoms with Crippen molar-refractivity contribution in [2.24, 2.45) is 0 Å². The SMILES string of the molecule is COc1ccc(-n2nc(C(C)(C)C)c3c2N(CC(=O)NCc2ccncc2)C(=O)CSC3c2ccccc2OC)cc1. The molecule has 0 radical (unpaired) electrons. The van der Waals surface area contributed by atoms with E-state index in [9.17, 15) is 9.59 Å². The topological polar surface area (TPSA) is 98.6 Å². The van der Waals surface area contributed by atoms with Crippen molar-refractivity contribution in [2.75, 3.05) is 31.4 Å². The molecule has 0 aliphatic carbocycles. The van der Waals surface area contributed by atoms with Gasteiger partial charge in [-0.25, -0.2) is 4.68 Å². The molecule has 9 nitrogen and oxygen atoms in total. The van der Waals surface area contributed by atoms with Gasteiger partial charge < -0.3 is 14.8 Å². The van der Waals surface area contributed by atoms with Gasteiger partial charge in [0.2, 0.25) is 11.8 Å². The number of pyridine rings is 1. The summed E-state index contributed by atoms with van der Waals surface area (Å²) >= 11 is 1.52. The third-order valence-electron chi connectivity index (χ3n) is 7.08. The number of thioether (sulfide) groups is 1. The monoisotopic (exact) mass is 585 g/mol. The molecule has 1 aliphatic heterocycles. The van der Waals surface area contributed by atoms with Gasteiger partial charge in [0.1, 0.15) is 23.9 Å². The van der Waals surface area contributed by atoms with Crippen molar-refractivity contribution in [2.45, 2.75) is 38.0 Å². The molecule has 10 heteroatoms. The number of nitrogens with one attached hydrogen (secondary N) is 1. The highest BCUT2D eigenvalue weighted by Gasteiger charge is 2.40. The van der Waals surface area contributed by atoms with E-state index in [0.717, 1.165) is 33.8 Å². The van der Waals surface area contributed by atoms with E-state index in [-0.39, 0.29) is 34.8 Å². The van der Waals surface area contributed by atoms with Crippen molar-refractivity contribution in [3.05, 3.63) is 95.4 Å². The Hall–Kier alpha value is -4.31. The summed E-state index contributed by atoms with van der Waals surface area (Å²) in [6, 6.07) is 19.1. The highest BCUT2D eigenvalue weighted by atomic mass is 32.2. The van der Waals surface area contributed by atoms with Gasteiger partial charge >= 0.3 is 0 Å². The van der Waals surface area contributed by atoms with E-state index in [1.54, 1.807) is 36.2 Å². The molecule has 0 fully saturated rings. The first-order valence-electron chi connectivity index (χ1n) is 13.7. The summed E-state index contributed by atoms with van der Waals surface area (Å²) < 4.78 is 12.9. The van der Waals surface area contributed by atoms with Crippen LogP contribution in [0.25, 0.3) is 5.69 Å². The molecule has 2 amide bonds. The van der Waals surface area contributed by atoms with Gasteiger partial charge in [-0.1, -0.05) is 39.0 Å². The number of hydrogen-bond acceptors (Lipinski definition) is 7. The average Bonchev–Trinajstić information content (AvgIpc) is 3.34. The molecule has 4 aromatic rings. The van der Waals surface area contributed by atoms with Gasteiger partial charge in [-0.3, -0.25) is 19.5 Å². The fourth-order valence-electron chi connectivity index (χ4n) is 5.01. The number of para-hydroxylation sites is 1. The summed E-state index contributed by atoms with van der Waals surface area (Å²) in [5.74, 6) is 1.75. The van der Waals surface area contributed by atoms with E-state index in [0.29, 0.717) is 18.1 Å². The van der Waals surface area contributed by atoms with Crippen LogP contribution in [0.2, 0.25) is 0 Å². The van der Waals surface area contributed by atoms with Crippen LogP contribution in [0.1, 0.15) is 48.4 Å². The van der Waals surface area contributed by atoms with Crippen molar-refractivity contribution in [3.63, 3.8) is 0 Å². The Kier molecular flexibility index (Phi) is 8.54. The third-order valence-corrected chi connectivity index (χ3v) is 8.32. The maximum Gasteiger partial charge on any atom is 0.240 e. The molecule has 1 unspecified atom stereocenters. The number of aromatic nitrogens is 3. The summed E-state index contributed by atoms with van der Waals surface area (Å²) in [6.07, 6.45) is 3.37. The molecule has 3 heterocycles. The number of carbonyl (C=O) groups excluding carboxylic acids is 2. The van der Waals surface area contributed by atoms with Gasteiger partial charge in [0.15, 0.2) is 0 Å². The lowest BCUT2D eigenvalue weighted by molar-refractivity contribution is -0.123. The summed E-state index contributed by atoms with van der Waals surface area (Å²) in [6.45, 7) is 6.50. The summed E-state index contributed by atoms with van der Waals surface area (Å²) in [5, 5.41) is 7.84. The summed E-state index contributed by atoms with van der Waals surface area (Å²) in [4.78, 5) is 32.8.